The lowest BCUT2D eigenvalue weighted by Gasteiger charge is -2.20. The number of rotatable bonds is 4. The molecule has 120 valence electrons. The van der Waals surface area contributed by atoms with Crippen LogP contribution in [-0.4, -0.2) is 44.1 Å². The zero-order valence-electron chi connectivity index (χ0n) is 13.0. The fraction of sp³-hybridized carbons (Fsp3) is 0.438. The Balaban J connectivity index is 1.71. The Labute approximate surface area is 133 Å². The fourth-order valence-electron chi connectivity index (χ4n) is 3.37. The second-order valence-electron chi connectivity index (χ2n) is 6.07. The van der Waals surface area contributed by atoms with Crippen molar-refractivity contribution in [3.8, 4) is 11.3 Å². The highest BCUT2D eigenvalue weighted by atomic mass is 19.1. The molecule has 1 fully saturated rings. The average Bonchev–Trinajstić information content (AvgIpc) is 3.30. The summed E-state index contributed by atoms with van der Waals surface area (Å²) >= 11 is 0. The highest BCUT2D eigenvalue weighted by Gasteiger charge is 2.27. The summed E-state index contributed by atoms with van der Waals surface area (Å²) in [6.45, 7) is 1.39. The molecule has 2 unspecified atom stereocenters. The Morgan fingerprint density at radius 3 is 3.13 bits per heavy atom. The van der Waals surface area contributed by atoms with Crippen molar-refractivity contribution in [1.29, 1.82) is 0 Å². The van der Waals surface area contributed by atoms with Crippen LogP contribution in [0.1, 0.15) is 12.5 Å². The Kier molecular flexibility index (Phi) is 3.57. The quantitative estimate of drug-likeness (QED) is 0.799. The van der Waals surface area contributed by atoms with Crippen molar-refractivity contribution in [2.75, 3.05) is 19.8 Å². The number of fused-ring (bicyclic) bond motifs is 1. The van der Waals surface area contributed by atoms with E-state index in [2.05, 4.69) is 20.4 Å². The standard InChI is InChI=1S/C16H19FN6/c1-22-5-3-13-15(19-10-20-16(13)22)12-8-21-23(9-12)14(6-17)11-2-4-18-7-11/h3,5,8-11,14,18H,2,4,6-7H2,1H3. The van der Waals surface area contributed by atoms with Gasteiger partial charge in [0.05, 0.1) is 17.9 Å². The van der Waals surface area contributed by atoms with E-state index in [1.165, 1.54) is 0 Å². The number of aromatic nitrogens is 5. The zero-order chi connectivity index (χ0) is 15.8. The van der Waals surface area contributed by atoms with Crippen molar-refractivity contribution in [1.82, 2.24) is 29.6 Å². The third kappa shape index (κ3) is 2.41. The summed E-state index contributed by atoms with van der Waals surface area (Å²) in [6, 6.07) is 1.78. The van der Waals surface area contributed by atoms with E-state index in [0.717, 1.165) is 41.8 Å². The third-order valence-electron chi connectivity index (χ3n) is 4.68. The van der Waals surface area contributed by atoms with E-state index in [1.807, 2.05) is 30.1 Å². The van der Waals surface area contributed by atoms with Gasteiger partial charge in [0, 0.05) is 36.9 Å². The first-order valence-electron chi connectivity index (χ1n) is 7.85. The van der Waals surface area contributed by atoms with Gasteiger partial charge < -0.3 is 9.88 Å². The smallest absolute Gasteiger partial charge is 0.143 e. The Morgan fingerprint density at radius 1 is 1.43 bits per heavy atom. The molecule has 0 spiro atoms. The zero-order valence-corrected chi connectivity index (χ0v) is 13.0. The van der Waals surface area contributed by atoms with Crippen molar-refractivity contribution in [3.05, 3.63) is 31.0 Å². The van der Waals surface area contributed by atoms with Crippen LogP contribution in [0.2, 0.25) is 0 Å². The molecular weight excluding hydrogens is 295 g/mol. The SMILES string of the molecule is Cn1ccc2c(-c3cnn(C(CF)C4CCNC4)c3)ncnc21. The first-order valence-corrected chi connectivity index (χ1v) is 7.85. The molecule has 0 aromatic carbocycles. The van der Waals surface area contributed by atoms with Gasteiger partial charge in [-0.3, -0.25) is 4.68 Å². The lowest BCUT2D eigenvalue weighted by molar-refractivity contribution is 0.255. The van der Waals surface area contributed by atoms with Gasteiger partial charge in [-0.1, -0.05) is 0 Å². The fourth-order valence-corrected chi connectivity index (χ4v) is 3.37. The van der Waals surface area contributed by atoms with Gasteiger partial charge in [-0.2, -0.15) is 5.10 Å². The number of hydrogen-bond acceptors (Lipinski definition) is 4. The van der Waals surface area contributed by atoms with Crippen LogP contribution in [0.5, 0.6) is 0 Å². The summed E-state index contributed by atoms with van der Waals surface area (Å²) in [6.07, 6.45) is 8.17. The topological polar surface area (TPSA) is 60.6 Å². The van der Waals surface area contributed by atoms with Crippen molar-refractivity contribution in [3.63, 3.8) is 0 Å². The number of halogens is 1. The van der Waals surface area contributed by atoms with Crippen LogP contribution >= 0.6 is 0 Å². The van der Waals surface area contributed by atoms with E-state index in [0.29, 0.717) is 0 Å². The van der Waals surface area contributed by atoms with Gasteiger partial charge >= 0.3 is 0 Å². The minimum Gasteiger partial charge on any atom is -0.335 e. The summed E-state index contributed by atoms with van der Waals surface area (Å²) in [5, 5.41) is 8.68. The molecule has 1 N–H and O–H groups in total. The molecule has 0 aliphatic carbocycles. The maximum Gasteiger partial charge on any atom is 0.143 e. The Morgan fingerprint density at radius 2 is 2.35 bits per heavy atom. The molecule has 1 aliphatic rings. The van der Waals surface area contributed by atoms with Gasteiger partial charge in [0.15, 0.2) is 0 Å². The molecule has 0 bridgehead atoms. The molecule has 4 rings (SSSR count). The van der Waals surface area contributed by atoms with Gasteiger partial charge in [0.1, 0.15) is 18.6 Å². The van der Waals surface area contributed by atoms with E-state index in [4.69, 9.17) is 0 Å². The van der Waals surface area contributed by atoms with Crippen molar-refractivity contribution in [2.24, 2.45) is 13.0 Å². The molecule has 2 atom stereocenters. The van der Waals surface area contributed by atoms with E-state index in [-0.39, 0.29) is 12.0 Å². The minimum atomic E-state index is -0.405. The highest BCUT2D eigenvalue weighted by Crippen LogP contribution is 2.29. The normalized spacial score (nSPS) is 19.5. The molecule has 23 heavy (non-hydrogen) atoms. The van der Waals surface area contributed by atoms with Crippen molar-refractivity contribution >= 4 is 11.0 Å². The number of aryl methyl sites for hydroxylation is 1. The molecule has 6 nitrogen and oxygen atoms in total. The molecule has 0 saturated carbocycles. The number of nitrogens with one attached hydrogen (secondary N) is 1. The van der Waals surface area contributed by atoms with Gasteiger partial charge in [-0.05, 0) is 24.9 Å². The Hall–Kier alpha value is -2.28. The second kappa shape index (κ2) is 5.73. The molecule has 3 aromatic heterocycles. The van der Waals surface area contributed by atoms with Crippen LogP contribution in [0, 0.1) is 5.92 Å². The van der Waals surface area contributed by atoms with Crippen molar-refractivity contribution < 1.29 is 4.39 Å². The van der Waals surface area contributed by atoms with Crippen LogP contribution < -0.4 is 5.32 Å². The van der Waals surface area contributed by atoms with Crippen molar-refractivity contribution in [2.45, 2.75) is 12.5 Å². The summed E-state index contributed by atoms with van der Waals surface area (Å²) < 4.78 is 17.3. The van der Waals surface area contributed by atoms with Crippen LogP contribution in [0.25, 0.3) is 22.3 Å². The number of alkyl halides is 1. The molecule has 1 aliphatic heterocycles. The van der Waals surface area contributed by atoms with E-state index in [1.54, 1.807) is 17.2 Å². The number of nitrogens with zero attached hydrogens (tertiary/aromatic N) is 5. The predicted molar refractivity (Wildman–Crippen MR) is 85.7 cm³/mol. The van der Waals surface area contributed by atoms with Gasteiger partial charge in [0.25, 0.3) is 0 Å². The summed E-state index contributed by atoms with van der Waals surface area (Å²) in [4.78, 5) is 8.71. The van der Waals surface area contributed by atoms with Gasteiger partial charge in [-0.15, -0.1) is 0 Å². The molecule has 1 saturated heterocycles. The molecule has 4 heterocycles. The first kappa shape index (κ1) is 14.3. The van der Waals surface area contributed by atoms with Crippen LogP contribution in [0.4, 0.5) is 4.39 Å². The second-order valence-corrected chi connectivity index (χ2v) is 6.07. The van der Waals surface area contributed by atoms with Gasteiger partial charge in [-0.25, -0.2) is 14.4 Å². The summed E-state index contributed by atoms with van der Waals surface area (Å²) in [5.41, 5.74) is 2.61. The van der Waals surface area contributed by atoms with E-state index >= 15 is 0 Å². The summed E-state index contributed by atoms with van der Waals surface area (Å²) in [5.74, 6) is 0.287. The highest BCUT2D eigenvalue weighted by molar-refractivity contribution is 5.90. The lowest BCUT2D eigenvalue weighted by Crippen LogP contribution is -2.23. The van der Waals surface area contributed by atoms with Gasteiger partial charge in [0.2, 0.25) is 0 Å². The maximum absolute atomic E-state index is 13.5. The van der Waals surface area contributed by atoms with Crippen LogP contribution in [0.3, 0.4) is 0 Å². The maximum atomic E-state index is 13.5. The largest absolute Gasteiger partial charge is 0.335 e. The first-order chi connectivity index (χ1) is 11.3. The molecule has 0 amide bonds. The van der Waals surface area contributed by atoms with Crippen LogP contribution in [-0.2, 0) is 7.05 Å². The third-order valence-corrected chi connectivity index (χ3v) is 4.68. The Bertz CT molecular complexity index is 817. The summed E-state index contributed by atoms with van der Waals surface area (Å²) in [7, 11) is 1.95. The molecule has 0 radical (unpaired) electrons. The molecular formula is C16H19FN6. The molecule has 7 heteroatoms. The minimum absolute atomic E-state index is 0.216. The average molecular weight is 314 g/mol. The predicted octanol–water partition coefficient (Wildman–Crippen LogP) is 1.95. The van der Waals surface area contributed by atoms with E-state index in [9.17, 15) is 4.39 Å². The number of hydrogen-bond donors (Lipinski definition) is 1. The van der Waals surface area contributed by atoms with Crippen LogP contribution in [0.15, 0.2) is 31.0 Å². The van der Waals surface area contributed by atoms with E-state index < -0.39 is 6.67 Å². The lowest BCUT2D eigenvalue weighted by atomic mass is 10.0. The monoisotopic (exact) mass is 314 g/mol. The molecule has 3 aromatic rings.